The van der Waals surface area contributed by atoms with E-state index in [1.54, 1.807) is 0 Å². The van der Waals surface area contributed by atoms with Crippen molar-refractivity contribution in [1.82, 2.24) is 29.2 Å². The predicted octanol–water partition coefficient (Wildman–Crippen LogP) is 8.79. The van der Waals surface area contributed by atoms with Crippen molar-refractivity contribution >= 4 is 39.7 Å². The van der Waals surface area contributed by atoms with Gasteiger partial charge in [0, 0.05) is 122 Å². The molecule has 316 valence electrons. The van der Waals surface area contributed by atoms with Crippen LogP contribution in [0.4, 0.5) is 4.79 Å². The minimum atomic E-state index is -0.511. The minimum absolute atomic E-state index is 0.132. The highest BCUT2D eigenvalue weighted by molar-refractivity contribution is 6.00. The van der Waals surface area contributed by atoms with Gasteiger partial charge in [0.15, 0.2) is 0 Å². The van der Waals surface area contributed by atoms with Crippen LogP contribution in [0.1, 0.15) is 129 Å². The summed E-state index contributed by atoms with van der Waals surface area (Å²) in [6.45, 7) is 19.1. The highest BCUT2D eigenvalue weighted by atomic mass is 16.6. The van der Waals surface area contributed by atoms with Crippen LogP contribution in [0, 0.1) is 23.7 Å². The number of likely N-dealkylation sites (tertiary alicyclic amines) is 2. The lowest BCUT2D eigenvalue weighted by atomic mass is 9.98. The van der Waals surface area contributed by atoms with Crippen LogP contribution in [0.2, 0.25) is 0 Å². The Morgan fingerprint density at radius 3 is 1.63 bits per heavy atom. The Hall–Kier alpha value is -4.31. The first-order valence-corrected chi connectivity index (χ1v) is 23.0. The van der Waals surface area contributed by atoms with E-state index < -0.39 is 5.60 Å². The third kappa shape index (κ3) is 8.66. The average Bonchev–Trinajstić information content (AvgIpc) is 4.18. The van der Waals surface area contributed by atoms with E-state index in [1.165, 1.54) is 64.6 Å². The second-order valence-electron chi connectivity index (χ2n) is 20.0. The van der Waals surface area contributed by atoms with Gasteiger partial charge in [0.05, 0.1) is 6.54 Å². The van der Waals surface area contributed by atoms with Crippen molar-refractivity contribution in [2.24, 2.45) is 23.7 Å². The molecule has 2 saturated carbocycles. The van der Waals surface area contributed by atoms with Gasteiger partial charge in [0.25, 0.3) is 11.8 Å². The Morgan fingerprint density at radius 2 is 1.14 bits per heavy atom. The van der Waals surface area contributed by atoms with E-state index in [-0.39, 0.29) is 17.9 Å². The summed E-state index contributed by atoms with van der Waals surface area (Å²) in [5.74, 6) is 3.40. The van der Waals surface area contributed by atoms with Crippen molar-refractivity contribution in [2.45, 2.75) is 131 Å². The molecular weight excluding hydrogens is 737 g/mol. The maximum absolute atomic E-state index is 13.3. The number of nitrogens with zero attached hydrogens (tertiary/aromatic N) is 5. The van der Waals surface area contributed by atoms with Crippen molar-refractivity contribution in [3.05, 3.63) is 70.0 Å². The van der Waals surface area contributed by atoms with Gasteiger partial charge >= 0.3 is 6.09 Å². The molecule has 4 aliphatic heterocycles. The zero-order chi connectivity index (χ0) is 41.0. The molecule has 2 aromatic carbocycles. The van der Waals surface area contributed by atoms with Crippen LogP contribution in [0.25, 0.3) is 21.8 Å². The summed E-state index contributed by atoms with van der Waals surface area (Å²) >= 11 is 0. The molecule has 2 aliphatic carbocycles. The summed E-state index contributed by atoms with van der Waals surface area (Å²) in [4.78, 5) is 45.0. The summed E-state index contributed by atoms with van der Waals surface area (Å²) in [7, 11) is 0. The number of hydrogen-bond acceptors (Lipinski definition) is 5. The van der Waals surface area contributed by atoms with Crippen LogP contribution in [0.3, 0.4) is 0 Å². The van der Waals surface area contributed by atoms with E-state index in [9.17, 15) is 14.4 Å². The summed E-state index contributed by atoms with van der Waals surface area (Å²) in [5, 5.41) is 5.94. The molecule has 4 aromatic rings. The summed E-state index contributed by atoms with van der Waals surface area (Å²) in [5.41, 5.74) is 9.08. The second-order valence-corrected chi connectivity index (χ2v) is 20.0. The molecule has 2 saturated heterocycles. The van der Waals surface area contributed by atoms with Gasteiger partial charge < -0.3 is 33.9 Å². The molecule has 10 heteroatoms. The average molecular weight is 803 g/mol. The number of ether oxygens (including phenoxy) is 1. The van der Waals surface area contributed by atoms with E-state index in [0.717, 1.165) is 125 Å². The Labute approximate surface area is 350 Å². The van der Waals surface area contributed by atoms with E-state index in [4.69, 9.17) is 4.74 Å². The Morgan fingerprint density at radius 1 is 0.644 bits per heavy atom. The quantitative estimate of drug-likeness (QED) is 0.211. The maximum Gasteiger partial charge on any atom is 0.410 e. The fourth-order valence-corrected chi connectivity index (χ4v) is 9.90. The van der Waals surface area contributed by atoms with Crippen LogP contribution in [-0.4, -0.2) is 86.6 Å². The first-order chi connectivity index (χ1) is 28.4. The lowest BCUT2D eigenvalue weighted by Gasteiger charge is -2.31. The van der Waals surface area contributed by atoms with Gasteiger partial charge in [0.1, 0.15) is 5.60 Å². The number of fused-ring (bicyclic) bond motifs is 6. The Bertz CT molecular complexity index is 2220. The van der Waals surface area contributed by atoms with Crippen molar-refractivity contribution in [1.29, 1.82) is 0 Å². The highest BCUT2D eigenvalue weighted by Crippen LogP contribution is 2.39. The molecule has 6 aliphatic rings. The molecule has 0 bridgehead atoms. The van der Waals surface area contributed by atoms with E-state index in [0.29, 0.717) is 19.0 Å². The molecule has 4 fully saturated rings. The minimum Gasteiger partial charge on any atom is -0.444 e. The van der Waals surface area contributed by atoms with E-state index in [2.05, 4.69) is 58.6 Å². The van der Waals surface area contributed by atoms with E-state index >= 15 is 0 Å². The number of amides is 3. The monoisotopic (exact) mass is 803 g/mol. The molecule has 0 atom stereocenters. The SMILES string of the molecule is CC1CCN(C(=O)c2ccc3c(c2)c2c(n3CC3CC3)CCN(C(=O)OC(C)(C)C)C2)CC1.CC1CCN(C(=O)c2ccc3c(c2)c2c(n3CC3CC3)CCNC2)CC1. The van der Waals surface area contributed by atoms with Gasteiger partial charge in [-0.1, -0.05) is 13.8 Å². The standard InChI is InChI=1S/C27H37N3O3.C22H29N3O/c1-18-9-12-28(13-10-18)25(31)20-7-8-23-21(15-20)22-17-29(26(32)33-27(2,3)4)14-11-24(22)30(23)16-19-5-6-19;1-15-7-10-24(11-8-15)22(26)17-4-5-20-18(12-17)19-13-23-9-6-21(19)25(20)14-16-2-3-16/h7-8,15,18-19H,5-6,9-14,16-17H2,1-4H3;4-5,12,15-16,23H,2-3,6-11,13-14H2,1H3. The lowest BCUT2D eigenvalue weighted by Crippen LogP contribution is -2.40. The number of hydrogen-bond donors (Lipinski definition) is 1. The van der Waals surface area contributed by atoms with Crippen LogP contribution in [0.15, 0.2) is 36.4 Å². The molecular formula is C49H66N6O4. The molecule has 2 aromatic heterocycles. The topological polar surface area (TPSA) is 92.1 Å². The molecule has 59 heavy (non-hydrogen) atoms. The number of aromatic nitrogens is 2. The first-order valence-electron chi connectivity index (χ1n) is 23.0. The number of piperidine rings is 2. The normalized spacial score (nSPS) is 20.3. The number of nitrogens with one attached hydrogen (secondary N) is 1. The lowest BCUT2D eigenvalue weighted by molar-refractivity contribution is 0.0223. The van der Waals surface area contributed by atoms with Crippen LogP contribution in [-0.2, 0) is 43.8 Å². The Kier molecular flexibility index (Phi) is 11.1. The zero-order valence-electron chi connectivity index (χ0n) is 36.3. The third-order valence-corrected chi connectivity index (χ3v) is 13.9. The summed E-state index contributed by atoms with van der Waals surface area (Å²) in [6, 6.07) is 12.7. The molecule has 10 nitrogen and oxygen atoms in total. The molecule has 1 N–H and O–H groups in total. The van der Waals surface area contributed by atoms with Gasteiger partial charge in [-0.3, -0.25) is 9.59 Å². The second kappa shape index (κ2) is 16.3. The molecule has 0 unspecified atom stereocenters. The van der Waals surface area contributed by atoms with Crippen LogP contribution >= 0.6 is 0 Å². The molecule has 0 radical (unpaired) electrons. The van der Waals surface area contributed by atoms with Gasteiger partial charge in [-0.05, 0) is 138 Å². The smallest absolute Gasteiger partial charge is 0.410 e. The molecule has 6 heterocycles. The van der Waals surface area contributed by atoms with Crippen molar-refractivity contribution in [3.8, 4) is 0 Å². The number of carbonyl (C=O) groups excluding carboxylic acids is 3. The van der Waals surface area contributed by atoms with Gasteiger partial charge in [-0.15, -0.1) is 0 Å². The third-order valence-electron chi connectivity index (χ3n) is 13.9. The van der Waals surface area contributed by atoms with Crippen molar-refractivity contribution in [2.75, 3.05) is 39.3 Å². The molecule has 10 rings (SSSR count). The van der Waals surface area contributed by atoms with Crippen LogP contribution in [0.5, 0.6) is 0 Å². The maximum atomic E-state index is 13.3. The Balaban J connectivity index is 0.000000156. The summed E-state index contributed by atoms with van der Waals surface area (Å²) < 4.78 is 10.7. The number of rotatable bonds is 6. The zero-order valence-corrected chi connectivity index (χ0v) is 36.3. The largest absolute Gasteiger partial charge is 0.444 e. The van der Waals surface area contributed by atoms with Crippen molar-refractivity contribution < 1.29 is 19.1 Å². The number of benzene rings is 2. The van der Waals surface area contributed by atoms with Crippen molar-refractivity contribution in [3.63, 3.8) is 0 Å². The number of carbonyl (C=O) groups is 3. The fourth-order valence-electron chi connectivity index (χ4n) is 9.90. The summed E-state index contributed by atoms with van der Waals surface area (Å²) in [6.07, 6.45) is 11.4. The van der Waals surface area contributed by atoms with Crippen LogP contribution < -0.4 is 5.32 Å². The van der Waals surface area contributed by atoms with Gasteiger partial charge in [-0.25, -0.2) is 4.79 Å². The van der Waals surface area contributed by atoms with Gasteiger partial charge in [-0.2, -0.15) is 0 Å². The first kappa shape index (κ1) is 40.1. The molecule has 3 amide bonds. The molecule has 0 spiro atoms. The predicted molar refractivity (Wildman–Crippen MR) is 234 cm³/mol. The fraction of sp³-hybridized carbons (Fsp3) is 0.612. The van der Waals surface area contributed by atoms with E-state index in [1.807, 2.05) is 41.5 Å². The highest BCUT2D eigenvalue weighted by Gasteiger charge is 2.33. The van der Waals surface area contributed by atoms with Gasteiger partial charge in [0.2, 0.25) is 0 Å².